The lowest BCUT2D eigenvalue weighted by Gasteiger charge is -2.18. The molecule has 86 valence electrons. The molecule has 0 saturated heterocycles. The van der Waals surface area contributed by atoms with E-state index in [-0.39, 0.29) is 0 Å². The molecule has 0 aliphatic carbocycles. The van der Waals surface area contributed by atoms with E-state index in [9.17, 15) is 0 Å². The first-order chi connectivity index (χ1) is 7.54. The summed E-state index contributed by atoms with van der Waals surface area (Å²) in [5.74, 6) is 0. The average Bonchev–Trinajstić information content (AvgIpc) is 2.62. The number of nitrogens with one attached hydrogen (secondary N) is 1. The Kier molecular flexibility index (Phi) is 3.20. The summed E-state index contributed by atoms with van der Waals surface area (Å²) in [5.41, 5.74) is 1.63. The molecular weight excluding hydrogens is 214 g/mol. The maximum atomic E-state index is 3.49. The van der Waals surface area contributed by atoms with Gasteiger partial charge in [-0.25, -0.2) is 0 Å². The molecule has 0 bridgehead atoms. The third kappa shape index (κ3) is 2.99. The monoisotopic (exact) mass is 233 g/mol. The highest BCUT2D eigenvalue weighted by molar-refractivity contribution is 7.17. The molecule has 0 radical (unpaired) electrons. The molecule has 1 nitrogen and oxygen atoms in total. The van der Waals surface area contributed by atoms with Gasteiger partial charge in [-0.3, -0.25) is 0 Å². The van der Waals surface area contributed by atoms with Crippen LogP contribution in [-0.4, -0.2) is 6.54 Å². The van der Waals surface area contributed by atoms with Gasteiger partial charge in [0.2, 0.25) is 0 Å². The maximum absolute atomic E-state index is 3.49. The van der Waals surface area contributed by atoms with Crippen LogP contribution in [0.1, 0.15) is 27.2 Å². The molecule has 2 aromatic rings. The van der Waals surface area contributed by atoms with Crippen molar-refractivity contribution in [3.05, 3.63) is 29.6 Å². The standard InChI is InChI=1S/C14H19NS/c1-14(2,3)7-8-15-12-4-5-13-11(10-12)6-9-16-13/h4-6,9-10,15H,7-8H2,1-3H3. The normalized spacial score (nSPS) is 11.9. The average molecular weight is 233 g/mol. The van der Waals surface area contributed by atoms with Crippen molar-refractivity contribution < 1.29 is 0 Å². The molecule has 1 aromatic carbocycles. The van der Waals surface area contributed by atoms with Gasteiger partial charge in [-0.2, -0.15) is 0 Å². The number of rotatable bonds is 3. The van der Waals surface area contributed by atoms with Crippen LogP contribution in [0.15, 0.2) is 29.6 Å². The van der Waals surface area contributed by atoms with E-state index in [0.29, 0.717) is 5.41 Å². The van der Waals surface area contributed by atoms with Crippen LogP contribution in [0.5, 0.6) is 0 Å². The number of fused-ring (bicyclic) bond motifs is 1. The lowest BCUT2D eigenvalue weighted by molar-refractivity contribution is 0.390. The maximum Gasteiger partial charge on any atom is 0.0347 e. The second-order valence-corrected chi connectivity index (χ2v) is 6.36. The molecule has 0 aliphatic heterocycles. The third-order valence-electron chi connectivity index (χ3n) is 2.66. The predicted octanol–water partition coefficient (Wildman–Crippen LogP) is 4.75. The van der Waals surface area contributed by atoms with Crippen molar-refractivity contribution in [3.63, 3.8) is 0 Å². The number of benzene rings is 1. The van der Waals surface area contributed by atoms with Crippen LogP contribution in [0.25, 0.3) is 10.1 Å². The van der Waals surface area contributed by atoms with E-state index in [1.807, 2.05) is 0 Å². The van der Waals surface area contributed by atoms with Crippen molar-refractivity contribution in [1.29, 1.82) is 0 Å². The molecule has 1 heterocycles. The Labute approximate surface area is 101 Å². The molecule has 0 fully saturated rings. The zero-order valence-electron chi connectivity index (χ0n) is 10.2. The van der Waals surface area contributed by atoms with Crippen LogP contribution in [0.3, 0.4) is 0 Å². The molecule has 2 heteroatoms. The van der Waals surface area contributed by atoms with Crippen molar-refractivity contribution in [2.24, 2.45) is 5.41 Å². The number of anilines is 1. The summed E-state index contributed by atoms with van der Waals surface area (Å²) in [6, 6.07) is 8.77. The van der Waals surface area contributed by atoms with Gasteiger partial charge in [0.1, 0.15) is 0 Å². The zero-order valence-corrected chi connectivity index (χ0v) is 11.0. The number of hydrogen-bond donors (Lipinski definition) is 1. The first-order valence-electron chi connectivity index (χ1n) is 5.76. The van der Waals surface area contributed by atoms with E-state index in [1.54, 1.807) is 11.3 Å². The van der Waals surface area contributed by atoms with Crippen molar-refractivity contribution in [2.75, 3.05) is 11.9 Å². The molecule has 0 spiro atoms. The summed E-state index contributed by atoms with van der Waals surface area (Å²) >= 11 is 1.80. The molecule has 1 aromatic heterocycles. The third-order valence-corrected chi connectivity index (χ3v) is 3.55. The SMILES string of the molecule is CC(C)(C)CCNc1ccc2sccc2c1. The summed E-state index contributed by atoms with van der Waals surface area (Å²) in [7, 11) is 0. The van der Waals surface area contributed by atoms with Crippen LogP contribution >= 0.6 is 11.3 Å². The van der Waals surface area contributed by atoms with Crippen molar-refractivity contribution in [3.8, 4) is 0 Å². The van der Waals surface area contributed by atoms with E-state index in [1.165, 1.54) is 22.2 Å². The van der Waals surface area contributed by atoms with Crippen LogP contribution < -0.4 is 5.32 Å². The Hall–Kier alpha value is -1.02. The second-order valence-electron chi connectivity index (χ2n) is 5.41. The molecule has 1 N–H and O–H groups in total. The minimum Gasteiger partial charge on any atom is -0.385 e. The van der Waals surface area contributed by atoms with Gasteiger partial charge in [0.25, 0.3) is 0 Å². The Bertz CT molecular complexity index is 465. The van der Waals surface area contributed by atoms with Crippen LogP contribution in [0.4, 0.5) is 5.69 Å². The fourth-order valence-electron chi connectivity index (χ4n) is 1.66. The molecule has 0 amide bonds. The van der Waals surface area contributed by atoms with E-state index in [0.717, 1.165) is 6.54 Å². The van der Waals surface area contributed by atoms with Crippen LogP contribution in [0.2, 0.25) is 0 Å². The highest BCUT2D eigenvalue weighted by atomic mass is 32.1. The first-order valence-corrected chi connectivity index (χ1v) is 6.64. The van der Waals surface area contributed by atoms with Crippen molar-refractivity contribution in [1.82, 2.24) is 0 Å². The number of thiophene rings is 1. The quantitative estimate of drug-likeness (QED) is 0.806. The topological polar surface area (TPSA) is 12.0 Å². The van der Waals surface area contributed by atoms with Gasteiger partial charge in [0, 0.05) is 16.9 Å². The molecular formula is C14H19NS. The Morgan fingerprint density at radius 2 is 2.00 bits per heavy atom. The first kappa shape index (κ1) is 11.5. The summed E-state index contributed by atoms with van der Waals surface area (Å²) < 4.78 is 1.36. The van der Waals surface area contributed by atoms with Gasteiger partial charge < -0.3 is 5.32 Å². The van der Waals surface area contributed by atoms with Gasteiger partial charge in [-0.05, 0) is 46.9 Å². The molecule has 16 heavy (non-hydrogen) atoms. The van der Waals surface area contributed by atoms with E-state index >= 15 is 0 Å². The lowest BCUT2D eigenvalue weighted by Crippen LogP contribution is -2.12. The molecule has 0 saturated carbocycles. The summed E-state index contributed by atoms with van der Waals surface area (Å²) in [4.78, 5) is 0. The second kappa shape index (κ2) is 4.46. The summed E-state index contributed by atoms with van der Waals surface area (Å²) in [6.45, 7) is 7.86. The smallest absolute Gasteiger partial charge is 0.0347 e. The minimum absolute atomic E-state index is 0.402. The van der Waals surface area contributed by atoms with Crippen LogP contribution in [-0.2, 0) is 0 Å². The molecule has 0 atom stereocenters. The van der Waals surface area contributed by atoms with Gasteiger partial charge in [0.15, 0.2) is 0 Å². The minimum atomic E-state index is 0.402. The Morgan fingerprint density at radius 1 is 1.19 bits per heavy atom. The Morgan fingerprint density at radius 3 is 2.75 bits per heavy atom. The summed E-state index contributed by atoms with van der Waals surface area (Å²) in [6.07, 6.45) is 1.19. The zero-order chi connectivity index (χ0) is 11.6. The number of hydrogen-bond acceptors (Lipinski definition) is 2. The predicted molar refractivity (Wildman–Crippen MR) is 74.4 cm³/mol. The highest BCUT2D eigenvalue weighted by Gasteiger charge is 2.08. The fourth-order valence-corrected chi connectivity index (χ4v) is 2.43. The fraction of sp³-hybridized carbons (Fsp3) is 0.429. The van der Waals surface area contributed by atoms with E-state index in [4.69, 9.17) is 0 Å². The molecule has 2 rings (SSSR count). The van der Waals surface area contributed by atoms with Crippen molar-refractivity contribution >= 4 is 27.1 Å². The van der Waals surface area contributed by atoms with Crippen LogP contribution in [0, 0.1) is 5.41 Å². The highest BCUT2D eigenvalue weighted by Crippen LogP contribution is 2.24. The van der Waals surface area contributed by atoms with Gasteiger partial charge in [-0.1, -0.05) is 20.8 Å². The lowest BCUT2D eigenvalue weighted by atomic mass is 9.92. The largest absolute Gasteiger partial charge is 0.385 e. The van der Waals surface area contributed by atoms with Gasteiger partial charge >= 0.3 is 0 Å². The van der Waals surface area contributed by atoms with E-state index in [2.05, 4.69) is 55.7 Å². The molecule has 0 aliphatic rings. The Balaban J connectivity index is 1.99. The summed E-state index contributed by atoms with van der Waals surface area (Å²) in [5, 5.41) is 6.97. The van der Waals surface area contributed by atoms with Gasteiger partial charge in [0.05, 0.1) is 0 Å². The van der Waals surface area contributed by atoms with Gasteiger partial charge in [-0.15, -0.1) is 11.3 Å². The van der Waals surface area contributed by atoms with Crippen molar-refractivity contribution in [2.45, 2.75) is 27.2 Å². The van der Waals surface area contributed by atoms with E-state index < -0.39 is 0 Å². The molecule has 0 unspecified atom stereocenters.